The molecule has 0 nitrogen and oxygen atoms in total. The molecule has 45 heavy (non-hydrogen) atoms. The van der Waals surface area contributed by atoms with Gasteiger partial charge in [0.05, 0.1) is 0 Å². The first-order valence-corrected chi connectivity index (χ1v) is 16.6. The molecular weight excluding hydrogens is 561 g/mol. The molecule has 0 spiro atoms. The number of fused-ring (bicyclic) bond motifs is 8. The van der Waals surface area contributed by atoms with Crippen LogP contribution in [0.5, 0.6) is 0 Å². The molecule has 214 valence electrons. The molecule has 0 N–H and O–H groups in total. The van der Waals surface area contributed by atoms with Gasteiger partial charge in [-0.3, -0.25) is 0 Å². The summed E-state index contributed by atoms with van der Waals surface area (Å²) in [6.45, 7) is 4.00. The van der Waals surface area contributed by atoms with E-state index in [4.69, 9.17) is 0 Å². The molecule has 0 radical (unpaired) electrons. The first kappa shape index (κ1) is 27.3. The Hall–Kier alpha value is -5.24. The molecule has 0 saturated heterocycles. The first-order chi connectivity index (χ1) is 22.3. The molecule has 0 aliphatic rings. The van der Waals surface area contributed by atoms with Crippen molar-refractivity contribution in [3.05, 3.63) is 158 Å². The summed E-state index contributed by atoms with van der Waals surface area (Å²) in [5, 5.41) is 10.4. The predicted molar refractivity (Wildman–Crippen MR) is 200 cm³/mol. The number of hydrogen-bond acceptors (Lipinski definition) is 1. The Bertz CT molecular complexity index is 2510. The van der Waals surface area contributed by atoms with Gasteiger partial charge >= 0.3 is 0 Å². The molecule has 1 heteroatoms. The van der Waals surface area contributed by atoms with Crippen molar-refractivity contribution < 1.29 is 0 Å². The van der Waals surface area contributed by atoms with E-state index in [9.17, 15) is 0 Å². The third-order valence-corrected chi connectivity index (χ3v) is 10.1. The van der Waals surface area contributed by atoms with E-state index < -0.39 is 0 Å². The normalized spacial score (nSPS) is 11.3. The minimum atomic E-state index is 1.23. The smallest absolute Gasteiger partial charge is 0.0433 e. The molecule has 0 atom stereocenters. The van der Waals surface area contributed by atoms with Crippen LogP contribution in [0.15, 0.2) is 158 Å². The van der Waals surface area contributed by atoms with Crippen LogP contribution in [0.3, 0.4) is 0 Å². The van der Waals surface area contributed by atoms with E-state index in [1.54, 1.807) is 0 Å². The lowest BCUT2D eigenvalue weighted by Crippen LogP contribution is -1.85. The van der Waals surface area contributed by atoms with E-state index in [1.807, 2.05) is 25.2 Å². The highest BCUT2D eigenvalue weighted by Gasteiger charge is 2.12. The van der Waals surface area contributed by atoms with Gasteiger partial charge in [-0.15, -0.1) is 11.3 Å². The number of hydrogen-bond donors (Lipinski definition) is 0. The minimum Gasteiger partial charge on any atom is -0.135 e. The van der Waals surface area contributed by atoms with Crippen LogP contribution in [0, 0.1) is 0 Å². The zero-order valence-electron chi connectivity index (χ0n) is 25.4. The van der Waals surface area contributed by atoms with E-state index in [0.29, 0.717) is 0 Å². The fourth-order valence-electron chi connectivity index (χ4n) is 6.72. The third-order valence-electron chi connectivity index (χ3n) is 8.85. The summed E-state index contributed by atoms with van der Waals surface area (Å²) in [6.07, 6.45) is 0. The molecule has 9 aromatic rings. The van der Waals surface area contributed by atoms with Crippen molar-refractivity contribution in [1.82, 2.24) is 0 Å². The van der Waals surface area contributed by atoms with E-state index in [0.717, 1.165) is 0 Å². The van der Waals surface area contributed by atoms with Crippen LogP contribution in [-0.4, -0.2) is 0 Å². The summed E-state index contributed by atoms with van der Waals surface area (Å²) in [5.41, 5.74) is 7.48. The Morgan fingerprint density at radius 2 is 0.867 bits per heavy atom. The average Bonchev–Trinajstić information content (AvgIpc) is 3.51. The van der Waals surface area contributed by atoms with Crippen molar-refractivity contribution in [2.45, 2.75) is 13.8 Å². The summed E-state index contributed by atoms with van der Waals surface area (Å²) >= 11 is 1.89. The number of benzene rings is 8. The van der Waals surface area contributed by atoms with Crippen LogP contribution in [0.4, 0.5) is 0 Å². The van der Waals surface area contributed by atoms with Crippen LogP contribution in [-0.2, 0) is 0 Å². The highest BCUT2D eigenvalue weighted by molar-refractivity contribution is 7.26. The number of rotatable bonds is 3. The summed E-state index contributed by atoms with van der Waals surface area (Å²) in [6, 6.07) is 58.0. The van der Waals surface area contributed by atoms with Crippen molar-refractivity contribution >= 4 is 63.8 Å². The monoisotopic (exact) mass is 592 g/mol. The van der Waals surface area contributed by atoms with Crippen molar-refractivity contribution in [2.24, 2.45) is 0 Å². The Labute approximate surface area is 267 Å². The molecular formula is C44H32S. The van der Waals surface area contributed by atoms with Crippen LogP contribution in [0.2, 0.25) is 0 Å². The van der Waals surface area contributed by atoms with Gasteiger partial charge in [-0.1, -0.05) is 147 Å². The summed E-state index contributed by atoms with van der Waals surface area (Å²) in [7, 11) is 0. The van der Waals surface area contributed by atoms with Gasteiger partial charge in [0.2, 0.25) is 0 Å². The van der Waals surface area contributed by atoms with Crippen LogP contribution in [0.1, 0.15) is 13.8 Å². The van der Waals surface area contributed by atoms with Crippen LogP contribution >= 0.6 is 11.3 Å². The predicted octanol–water partition coefficient (Wildman–Crippen LogP) is 13.5. The SMILES string of the molecule is CC.c1cc(-c2cccc(-c3cccc4c3sc3ccccc34)c2)cc(-c2ccc3ccc4c5ccccc5ccc4c3c2)c1. The minimum absolute atomic E-state index is 1.23. The van der Waals surface area contributed by atoms with Crippen molar-refractivity contribution in [2.75, 3.05) is 0 Å². The maximum Gasteiger partial charge on any atom is 0.0433 e. The Morgan fingerprint density at radius 3 is 1.64 bits per heavy atom. The van der Waals surface area contributed by atoms with Gasteiger partial charge in [-0.2, -0.15) is 0 Å². The highest BCUT2D eigenvalue weighted by Crippen LogP contribution is 2.41. The Morgan fingerprint density at radius 1 is 0.333 bits per heavy atom. The largest absolute Gasteiger partial charge is 0.135 e. The van der Waals surface area contributed by atoms with Gasteiger partial charge in [0.25, 0.3) is 0 Å². The van der Waals surface area contributed by atoms with Gasteiger partial charge < -0.3 is 0 Å². The third kappa shape index (κ3) is 4.68. The fraction of sp³-hybridized carbons (Fsp3) is 0.0455. The molecule has 9 rings (SSSR count). The van der Waals surface area contributed by atoms with E-state index in [2.05, 4.69) is 158 Å². The maximum atomic E-state index is 2.37. The van der Waals surface area contributed by atoms with Gasteiger partial charge in [0.1, 0.15) is 0 Å². The summed E-state index contributed by atoms with van der Waals surface area (Å²) in [4.78, 5) is 0. The van der Waals surface area contributed by atoms with Crippen molar-refractivity contribution in [1.29, 1.82) is 0 Å². The van der Waals surface area contributed by atoms with E-state index in [-0.39, 0.29) is 0 Å². The lowest BCUT2D eigenvalue weighted by Gasteiger charge is -2.11. The zero-order chi connectivity index (χ0) is 30.3. The zero-order valence-corrected chi connectivity index (χ0v) is 26.2. The first-order valence-electron chi connectivity index (χ1n) is 15.8. The molecule has 1 heterocycles. The van der Waals surface area contributed by atoms with Crippen LogP contribution < -0.4 is 0 Å². The van der Waals surface area contributed by atoms with Gasteiger partial charge in [0.15, 0.2) is 0 Å². The summed E-state index contributed by atoms with van der Waals surface area (Å²) < 4.78 is 2.69. The molecule has 0 amide bonds. The Balaban J connectivity index is 0.00000147. The van der Waals surface area contributed by atoms with Gasteiger partial charge in [0, 0.05) is 20.2 Å². The molecule has 0 unspecified atom stereocenters. The van der Waals surface area contributed by atoms with Crippen molar-refractivity contribution in [3.63, 3.8) is 0 Å². The molecule has 0 aliphatic heterocycles. The van der Waals surface area contributed by atoms with E-state index in [1.165, 1.54) is 85.9 Å². The molecule has 1 aromatic heterocycles. The number of thiophene rings is 1. The molecule has 0 fully saturated rings. The molecule has 0 saturated carbocycles. The van der Waals surface area contributed by atoms with Gasteiger partial charge in [-0.05, 0) is 90.0 Å². The van der Waals surface area contributed by atoms with Gasteiger partial charge in [-0.25, -0.2) is 0 Å². The van der Waals surface area contributed by atoms with E-state index >= 15 is 0 Å². The maximum absolute atomic E-state index is 2.37. The Kier molecular flexibility index (Phi) is 6.89. The lowest BCUT2D eigenvalue weighted by atomic mass is 9.93. The highest BCUT2D eigenvalue weighted by atomic mass is 32.1. The topological polar surface area (TPSA) is 0 Å². The quantitative estimate of drug-likeness (QED) is 0.179. The fourth-order valence-corrected chi connectivity index (χ4v) is 7.95. The lowest BCUT2D eigenvalue weighted by molar-refractivity contribution is 1.50. The second-order valence-corrected chi connectivity index (χ2v) is 12.4. The second kappa shape index (κ2) is 11.4. The second-order valence-electron chi connectivity index (χ2n) is 11.3. The van der Waals surface area contributed by atoms with Crippen LogP contribution in [0.25, 0.3) is 85.9 Å². The summed E-state index contributed by atoms with van der Waals surface area (Å²) in [5.74, 6) is 0. The molecule has 0 bridgehead atoms. The average molecular weight is 593 g/mol. The standard InChI is InChI=1S/C42H26S.C2H6/c1-2-13-34-27(8-1)20-23-37-36(34)22-21-28-18-19-32(26-40(28)37)30-10-5-9-29(24-30)31-11-6-12-33(25-31)35-15-7-16-39-38-14-3-4-17-41(38)43-42(35)39;1-2/h1-26H;1-2H3. The van der Waals surface area contributed by atoms with Crippen molar-refractivity contribution in [3.8, 4) is 33.4 Å². The molecule has 8 aromatic carbocycles. The molecule has 0 aliphatic carbocycles.